The fraction of sp³-hybridized carbons (Fsp3) is 0.250. The third-order valence-corrected chi connectivity index (χ3v) is 4.86. The van der Waals surface area contributed by atoms with Crippen molar-refractivity contribution in [3.05, 3.63) is 91.4 Å². The first-order valence-electron chi connectivity index (χ1n) is 9.93. The molecule has 3 nitrogen and oxygen atoms in total. The maximum atomic E-state index is 10.5. The van der Waals surface area contributed by atoms with Crippen molar-refractivity contribution in [1.82, 2.24) is 4.98 Å². The number of halogens is 6. The van der Waals surface area contributed by atoms with Gasteiger partial charge in [0.05, 0.1) is 17.2 Å². The van der Waals surface area contributed by atoms with Gasteiger partial charge in [-0.3, -0.25) is 0 Å². The molecule has 0 unspecified atom stereocenters. The first-order valence-corrected chi connectivity index (χ1v) is 12.0. The summed E-state index contributed by atoms with van der Waals surface area (Å²) < 4.78 is 59.2. The third-order valence-electron chi connectivity index (χ3n) is 4.86. The zero-order chi connectivity index (χ0) is 27.0. The van der Waals surface area contributed by atoms with Gasteiger partial charge in [0, 0.05) is 5.39 Å². The van der Waals surface area contributed by atoms with Crippen molar-refractivity contribution in [2.24, 2.45) is 0 Å². The Hall–Kier alpha value is -1.27. The zero-order valence-corrected chi connectivity index (χ0v) is 22.8. The van der Waals surface area contributed by atoms with Crippen molar-refractivity contribution in [2.75, 3.05) is 0 Å². The standard InChI is InChI=1S/C10H7NO2.C10H15.C4H7.F6P.Ru/c12-10(13)9-6-5-7-3-1-2-4-8(7)11-9;1-6-7(2)9(4)10(5)8(6)3;1-3-4-2;1-7(2,3,4,5)6;/h1-6H,(H,12,13);1-5H3;3-4H,1H2,2H3;;/q;;;-1;+4/p-1. The van der Waals surface area contributed by atoms with Crippen molar-refractivity contribution in [3.63, 3.8) is 0 Å². The minimum atomic E-state index is -10.7. The van der Waals surface area contributed by atoms with Crippen LogP contribution in [-0.4, -0.2) is 11.0 Å². The molecule has 0 amide bonds. The molecule has 1 saturated carbocycles. The monoisotopic (exact) mass is 609 g/mol. The number of hydrogen-bond donors (Lipinski definition) is 0. The van der Waals surface area contributed by atoms with Crippen molar-refractivity contribution in [1.29, 1.82) is 0 Å². The van der Waals surface area contributed by atoms with E-state index in [4.69, 9.17) is 0 Å². The van der Waals surface area contributed by atoms with Gasteiger partial charge in [-0.1, -0.05) is 65.8 Å². The largest absolute Gasteiger partial charge is 4.00 e. The quantitative estimate of drug-likeness (QED) is 0.196. The molecule has 1 aliphatic rings. The van der Waals surface area contributed by atoms with Crippen LogP contribution in [0.2, 0.25) is 0 Å². The number of pyridine rings is 1. The van der Waals surface area contributed by atoms with Crippen LogP contribution >= 0.6 is 7.81 Å². The molecule has 0 spiro atoms. The Bertz CT molecular complexity index is 869. The number of aromatic carboxylic acids is 1. The summed E-state index contributed by atoms with van der Waals surface area (Å²) in [6.07, 6.45) is 3.64. The molecule has 8 radical (unpaired) electrons. The zero-order valence-electron chi connectivity index (χ0n) is 20.2. The molecule has 0 bridgehead atoms. The van der Waals surface area contributed by atoms with Crippen LogP contribution < -0.4 is 5.11 Å². The second kappa shape index (κ2) is 13.3. The molecule has 1 heterocycles. The number of benzene rings is 1. The average Bonchev–Trinajstić information content (AvgIpc) is 2.89. The minimum absolute atomic E-state index is 0. The summed E-state index contributed by atoms with van der Waals surface area (Å²) in [4.78, 5) is 14.4. The Morgan fingerprint density at radius 2 is 1.17 bits per heavy atom. The Labute approximate surface area is 217 Å². The molecule has 0 atom stereocenters. The van der Waals surface area contributed by atoms with E-state index in [2.05, 4.69) is 46.5 Å². The molecule has 2 aromatic rings. The van der Waals surface area contributed by atoms with E-state index in [1.54, 1.807) is 18.6 Å². The normalized spacial score (nSPS) is 17.4. The van der Waals surface area contributed by atoms with Crippen molar-refractivity contribution >= 4 is 24.7 Å². The summed E-state index contributed by atoms with van der Waals surface area (Å²) in [7, 11) is -10.7. The second-order valence-corrected chi connectivity index (χ2v) is 9.25. The Morgan fingerprint density at radius 1 is 0.829 bits per heavy atom. The first kappa shape index (κ1) is 35.9. The number of carbonyl (C=O) groups is 1. The van der Waals surface area contributed by atoms with Crippen LogP contribution in [-0.2, 0) is 19.5 Å². The van der Waals surface area contributed by atoms with E-state index in [-0.39, 0.29) is 25.2 Å². The molecule has 35 heavy (non-hydrogen) atoms. The van der Waals surface area contributed by atoms with E-state index in [1.807, 2.05) is 31.5 Å². The number of carbonyl (C=O) groups excluding carboxylic acids is 1. The molecule has 0 saturated heterocycles. The number of nitrogens with zero attached hydrogens (tertiary/aromatic N) is 1. The number of unbranched alkanes of at least 4 members (excludes halogenated alkanes) is 1. The average molecular weight is 609 g/mol. The summed E-state index contributed by atoms with van der Waals surface area (Å²) in [5.74, 6) is 6.09. The number of carboxylic acids is 1. The van der Waals surface area contributed by atoms with Gasteiger partial charge in [0.25, 0.3) is 0 Å². The summed E-state index contributed by atoms with van der Waals surface area (Å²) in [5.41, 5.74) is 0.642. The third kappa shape index (κ3) is 16.2. The fourth-order valence-electron chi connectivity index (χ4n) is 2.59. The molecule has 1 aromatic carbocycles. The predicted molar refractivity (Wildman–Crippen MR) is 124 cm³/mol. The van der Waals surface area contributed by atoms with Crippen LogP contribution in [0.5, 0.6) is 0 Å². The van der Waals surface area contributed by atoms with Gasteiger partial charge in [-0.15, -0.1) is 0 Å². The summed E-state index contributed by atoms with van der Waals surface area (Å²) in [5, 5.41) is 11.4. The van der Waals surface area contributed by atoms with Gasteiger partial charge >= 0.3 is 52.5 Å². The number of aromatic nitrogens is 1. The molecular weight excluding hydrogens is 580 g/mol. The molecule has 1 aromatic heterocycles. The molecule has 11 heteroatoms. The van der Waals surface area contributed by atoms with Crippen LogP contribution in [0.25, 0.3) is 10.9 Å². The Balaban J connectivity index is 0. The van der Waals surface area contributed by atoms with E-state index in [0.717, 1.165) is 5.39 Å². The Morgan fingerprint density at radius 3 is 1.49 bits per heavy atom. The number of carboxylic acid groups (broad SMARTS) is 1. The van der Waals surface area contributed by atoms with Crippen LogP contribution in [0, 0.1) is 49.4 Å². The number of fused-ring (bicyclic) bond motifs is 1. The van der Waals surface area contributed by atoms with Gasteiger partial charge in [0.2, 0.25) is 0 Å². The van der Waals surface area contributed by atoms with Gasteiger partial charge in [-0.2, -0.15) is 0 Å². The van der Waals surface area contributed by atoms with Crippen LogP contribution in [0.15, 0.2) is 36.4 Å². The molecule has 0 N–H and O–H groups in total. The summed E-state index contributed by atoms with van der Waals surface area (Å²) in [6.45, 7) is 16.4. The first-order chi connectivity index (χ1) is 15.2. The smallest absolute Gasteiger partial charge is 0.543 e. The van der Waals surface area contributed by atoms with E-state index in [0.29, 0.717) is 5.52 Å². The van der Waals surface area contributed by atoms with Gasteiger partial charge in [-0.25, -0.2) is 4.98 Å². The summed E-state index contributed by atoms with van der Waals surface area (Å²) in [6, 6.07) is 10.5. The maximum Gasteiger partial charge on any atom is 4.00 e. The molecule has 1 aliphatic carbocycles. The Kier molecular flexibility index (Phi) is 13.7. The summed E-state index contributed by atoms with van der Waals surface area (Å²) >= 11 is 0. The molecule has 0 aliphatic heterocycles. The topological polar surface area (TPSA) is 53.0 Å². The van der Waals surface area contributed by atoms with Gasteiger partial charge in [0.1, 0.15) is 0 Å². The van der Waals surface area contributed by atoms with Crippen LogP contribution in [0.4, 0.5) is 25.2 Å². The van der Waals surface area contributed by atoms with E-state index >= 15 is 0 Å². The predicted octanol–water partition coefficient (Wildman–Crippen LogP) is 8.20. The molecule has 1 fully saturated rings. The van der Waals surface area contributed by atoms with Gasteiger partial charge < -0.3 is 9.90 Å². The minimum Gasteiger partial charge on any atom is -0.543 e. The number of hydrogen-bond acceptors (Lipinski definition) is 3. The fourth-order valence-corrected chi connectivity index (χ4v) is 2.59. The number of para-hydroxylation sites is 1. The molecule has 194 valence electrons. The van der Waals surface area contributed by atoms with Crippen LogP contribution in [0.3, 0.4) is 0 Å². The van der Waals surface area contributed by atoms with E-state index in [1.165, 1.54) is 35.7 Å². The van der Waals surface area contributed by atoms with Crippen molar-refractivity contribution < 1.29 is 54.6 Å². The van der Waals surface area contributed by atoms with E-state index in [9.17, 15) is 35.1 Å². The van der Waals surface area contributed by atoms with Gasteiger partial charge in [-0.05, 0) is 61.5 Å². The maximum absolute atomic E-state index is 10.7. The second-order valence-electron chi connectivity index (χ2n) is 7.33. The van der Waals surface area contributed by atoms with Crippen molar-refractivity contribution in [3.8, 4) is 0 Å². The van der Waals surface area contributed by atoms with E-state index < -0.39 is 13.8 Å². The van der Waals surface area contributed by atoms with Crippen molar-refractivity contribution in [2.45, 2.75) is 41.5 Å². The SMILES string of the molecule is C[C]1[C](C)[C](C)[C](C)[C]1C.F[P-](F)(F)(F)(F)F.O=C([O-])c1ccc2ccccc2n1.[CH2][CH][CH]C.[Ru+4]. The molecule has 3 rings (SSSR count). The number of rotatable bonds is 2. The van der Waals surface area contributed by atoms with Gasteiger partial charge in [0.15, 0.2) is 0 Å². The molecular formula is C24H28F6NO2PRu+2. The van der Waals surface area contributed by atoms with Crippen LogP contribution in [0.1, 0.15) is 52.0 Å².